The second kappa shape index (κ2) is 7.31. The Kier molecular flexibility index (Phi) is 4.96. The van der Waals surface area contributed by atoms with E-state index in [9.17, 15) is 0 Å². The Bertz CT molecular complexity index is 838. The van der Waals surface area contributed by atoms with Gasteiger partial charge in [-0.25, -0.2) is 4.98 Å². The van der Waals surface area contributed by atoms with E-state index in [2.05, 4.69) is 15.2 Å². The van der Waals surface area contributed by atoms with Crippen molar-refractivity contribution in [2.45, 2.75) is 5.16 Å². The number of hydrogen-bond acceptors (Lipinski definition) is 6. The molecule has 0 saturated carbocycles. The van der Waals surface area contributed by atoms with Crippen molar-refractivity contribution in [3.63, 3.8) is 0 Å². The zero-order chi connectivity index (χ0) is 16.9. The van der Waals surface area contributed by atoms with Crippen LogP contribution in [0.4, 0.5) is 0 Å². The summed E-state index contributed by atoms with van der Waals surface area (Å²) in [6, 6.07) is 15.5. The highest BCUT2D eigenvalue weighted by Gasteiger charge is 2.16. The molecule has 0 saturated heterocycles. The van der Waals surface area contributed by atoms with E-state index in [0.717, 1.165) is 28.3 Å². The lowest BCUT2D eigenvalue weighted by atomic mass is 10.0. The van der Waals surface area contributed by atoms with Gasteiger partial charge in [-0.2, -0.15) is 0 Å². The van der Waals surface area contributed by atoms with Crippen LogP contribution in [0.5, 0.6) is 11.5 Å². The molecule has 122 valence electrons. The Labute approximate surface area is 145 Å². The summed E-state index contributed by atoms with van der Waals surface area (Å²) in [5.41, 5.74) is 3.26. The van der Waals surface area contributed by atoms with Gasteiger partial charge in [0.1, 0.15) is 22.9 Å². The summed E-state index contributed by atoms with van der Waals surface area (Å²) in [7, 11) is 3.29. The first-order chi connectivity index (χ1) is 11.8. The SMILES string of the molecule is COc1ccc(-c2nc(SC)nnc2-c2ccccc2OC)cc1. The van der Waals surface area contributed by atoms with Gasteiger partial charge in [0.05, 0.1) is 14.2 Å². The number of benzene rings is 2. The summed E-state index contributed by atoms with van der Waals surface area (Å²) >= 11 is 1.46. The third kappa shape index (κ3) is 3.19. The standard InChI is InChI=1S/C18H17N3O2S/c1-22-13-10-8-12(9-11-13)16-17(20-21-18(19-16)24-3)14-6-4-5-7-15(14)23-2/h4-11H,1-3H3. The zero-order valence-electron chi connectivity index (χ0n) is 13.7. The number of para-hydroxylation sites is 1. The Morgan fingerprint density at radius 1 is 0.833 bits per heavy atom. The third-order valence-corrected chi connectivity index (χ3v) is 4.11. The number of hydrogen-bond donors (Lipinski definition) is 0. The van der Waals surface area contributed by atoms with Crippen LogP contribution in [-0.4, -0.2) is 35.7 Å². The molecule has 3 aromatic rings. The van der Waals surface area contributed by atoms with Crippen molar-refractivity contribution in [2.75, 3.05) is 20.5 Å². The summed E-state index contributed by atoms with van der Waals surface area (Å²) in [5, 5.41) is 9.22. The van der Waals surface area contributed by atoms with E-state index in [1.165, 1.54) is 11.8 Å². The average Bonchev–Trinajstić information content (AvgIpc) is 2.67. The molecule has 5 nitrogen and oxygen atoms in total. The summed E-state index contributed by atoms with van der Waals surface area (Å²) in [5.74, 6) is 1.53. The van der Waals surface area contributed by atoms with Crippen LogP contribution in [0, 0.1) is 0 Å². The lowest BCUT2D eigenvalue weighted by Crippen LogP contribution is -2.00. The fraction of sp³-hybridized carbons (Fsp3) is 0.167. The molecular formula is C18H17N3O2S. The molecule has 0 spiro atoms. The molecule has 0 unspecified atom stereocenters. The molecule has 1 aromatic heterocycles. The van der Waals surface area contributed by atoms with Gasteiger partial charge in [0.2, 0.25) is 5.16 Å². The van der Waals surface area contributed by atoms with Crippen molar-refractivity contribution in [1.29, 1.82) is 0 Å². The van der Waals surface area contributed by atoms with Crippen molar-refractivity contribution in [3.05, 3.63) is 48.5 Å². The van der Waals surface area contributed by atoms with E-state index >= 15 is 0 Å². The van der Waals surface area contributed by atoms with Crippen molar-refractivity contribution in [1.82, 2.24) is 15.2 Å². The lowest BCUT2D eigenvalue weighted by Gasteiger charge is -2.12. The van der Waals surface area contributed by atoms with Gasteiger partial charge in [-0.3, -0.25) is 0 Å². The summed E-state index contributed by atoms with van der Waals surface area (Å²) in [6.45, 7) is 0. The van der Waals surface area contributed by atoms with Crippen molar-refractivity contribution in [3.8, 4) is 34.0 Å². The van der Waals surface area contributed by atoms with Crippen molar-refractivity contribution >= 4 is 11.8 Å². The van der Waals surface area contributed by atoms with Crippen LogP contribution in [-0.2, 0) is 0 Å². The number of ether oxygens (including phenoxy) is 2. The normalized spacial score (nSPS) is 10.5. The number of methoxy groups -OCH3 is 2. The fourth-order valence-electron chi connectivity index (χ4n) is 2.37. The highest BCUT2D eigenvalue weighted by molar-refractivity contribution is 7.98. The smallest absolute Gasteiger partial charge is 0.209 e. The molecule has 3 rings (SSSR count). The molecular weight excluding hydrogens is 322 g/mol. The summed E-state index contributed by atoms with van der Waals surface area (Å²) in [4.78, 5) is 4.66. The maximum Gasteiger partial charge on any atom is 0.209 e. The molecule has 0 bridgehead atoms. The van der Waals surface area contributed by atoms with Crippen LogP contribution in [0.1, 0.15) is 0 Å². The Morgan fingerprint density at radius 3 is 2.25 bits per heavy atom. The second-order valence-corrected chi connectivity index (χ2v) is 5.70. The van der Waals surface area contributed by atoms with Gasteiger partial charge in [-0.15, -0.1) is 10.2 Å². The molecule has 0 radical (unpaired) electrons. The Morgan fingerprint density at radius 2 is 1.58 bits per heavy atom. The Hall–Kier alpha value is -2.60. The second-order valence-electron chi connectivity index (χ2n) is 4.92. The summed E-state index contributed by atoms with van der Waals surface area (Å²) in [6.07, 6.45) is 1.93. The molecule has 24 heavy (non-hydrogen) atoms. The van der Waals surface area contributed by atoms with Crippen molar-refractivity contribution in [2.24, 2.45) is 0 Å². The van der Waals surface area contributed by atoms with E-state index in [4.69, 9.17) is 9.47 Å². The van der Waals surface area contributed by atoms with E-state index in [0.29, 0.717) is 10.9 Å². The monoisotopic (exact) mass is 339 g/mol. The summed E-state index contributed by atoms with van der Waals surface area (Å²) < 4.78 is 10.7. The molecule has 0 atom stereocenters. The first-order valence-corrected chi connectivity index (χ1v) is 8.56. The average molecular weight is 339 g/mol. The molecule has 0 aliphatic rings. The molecule has 0 fully saturated rings. The van der Waals surface area contributed by atoms with Gasteiger partial charge in [0.25, 0.3) is 0 Å². The predicted molar refractivity (Wildman–Crippen MR) is 95.6 cm³/mol. The number of nitrogens with zero attached hydrogens (tertiary/aromatic N) is 3. The molecule has 0 aliphatic heterocycles. The molecule has 6 heteroatoms. The third-order valence-electron chi connectivity index (χ3n) is 3.58. The number of rotatable bonds is 5. The van der Waals surface area contributed by atoms with Gasteiger partial charge in [-0.1, -0.05) is 23.9 Å². The highest BCUT2D eigenvalue weighted by Crippen LogP contribution is 2.35. The largest absolute Gasteiger partial charge is 0.497 e. The molecule has 2 aromatic carbocycles. The quantitative estimate of drug-likeness (QED) is 0.656. The molecule has 0 aliphatic carbocycles. The van der Waals surface area contributed by atoms with Gasteiger partial charge < -0.3 is 9.47 Å². The lowest BCUT2D eigenvalue weighted by molar-refractivity contribution is 0.415. The first kappa shape index (κ1) is 16.3. The van der Waals surface area contributed by atoms with Crippen molar-refractivity contribution < 1.29 is 9.47 Å². The minimum absolute atomic E-state index is 0.625. The molecule has 0 amide bonds. The Balaban J connectivity index is 2.19. The first-order valence-electron chi connectivity index (χ1n) is 7.33. The van der Waals surface area contributed by atoms with Crippen LogP contribution < -0.4 is 9.47 Å². The highest BCUT2D eigenvalue weighted by atomic mass is 32.2. The molecule has 1 heterocycles. The van der Waals surface area contributed by atoms with E-state index in [1.54, 1.807) is 14.2 Å². The zero-order valence-corrected chi connectivity index (χ0v) is 14.5. The minimum atomic E-state index is 0.625. The predicted octanol–water partition coefficient (Wildman–Crippen LogP) is 3.94. The topological polar surface area (TPSA) is 57.1 Å². The van der Waals surface area contributed by atoms with Crippen LogP contribution in [0.3, 0.4) is 0 Å². The maximum atomic E-state index is 5.46. The number of thioether (sulfide) groups is 1. The van der Waals surface area contributed by atoms with Gasteiger partial charge in [0, 0.05) is 11.1 Å². The molecule has 0 N–H and O–H groups in total. The maximum absolute atomic E-state index is 5.46. The van der Waals surface area contributed by atoms with Gasteiger partial charge in [0.15, 0.2) is 0 Å². The minimum Gasteiger partial charge on any atom is -0.497 e. The van der Waals surface area contributed by atoms with E-state index in [1.807, 2.05) is 54.8 Å². The number of aromatic nitrogens is 3. The fourth-order valence-corrected chi connectivity index (χ4v) is 2.67. The van der Waals surface area contributed by atoms with Crippen LogP contribution in [0.2, 0.25) is 0 Å². The van der Waals surface area contributed by atoms with Gasteiger partial charge in [-0.05, 0) is 42.7 Å². The van der Waals surface area contributed by atoms with Crippen LogP contribution in [0.15, 0.2) is 53.7 Å². The van der Waals surface area contributed by atoms with Crippen LogP contribution in [0.25, 0.3) is 22.5 Å². The van der Waals surface area contributed by atoms with Gasteiger partial charge >= 0.3 is 0 Å². The van der Waals surface area contributed by atoms with E-state index in [-0.39, 0.29) is 0 Å². The van der Waals surface area contributed by atoms with Crippen LogP contribution >= 0.6 is 11.8 Å². The van der Waals surface area contributed by atoms with E-state index < -0.39 is 0 Å².